The molecule has 0 heterocycles. The van der Waals surface area contributed by atoms with Crippen molar-refractivity contribution in [1.82, 2.24) is 5.32 Å². The van der Waals surface area contributed by atoms with Gasteiger partial charge in [0.15, 0.2) is 9.84 Å². The molecule has 0 spiro atoms. The number of ether oxygens (including phenoxy) is 1. The average molecular weight is 391 g/mol. The molecule has 0 saturated carbocycles. The fourth-order valence-electron chi connectivity index (χ4n) is 2.55. The van der Waals surface area contributed by atoms with Crippen molar-refractivity contribution in [3.63, 3.8) is 0 Å². The van der Waals surface area contributed by atoms with Gasteiger partial charge in [0.2, 0.25) is 0 Å². The third kappa shape index (κ3) is 4.46. The number of hydrogen-bond donors (Lipinski definition) is 2. The van der Waals surface area contributed by atoms with E-state index in [2.05, 4.69) is 5.32 Å². The van der Waals surface area contributed by atoms with Gasteiger partial charge in [-0.25, -0.2) is 8.42 Å². The fourth-order valence-corrected chi connectivity index (χ4v) is 3.20. The van der Waals surface area contributed by atoms with Crippen LogP contribution in [0, 0.1) is 0 Å². The van der Waals surface area contributed by atoms with Crippen LogP contribution >= 0.6 is 0 Å². The summed E-state index contributed by atoms with van der Waals surface area (Å²) in [5.74, 6) is -1.52. The SMILES string of the molecule is COc1ccc(S(C)(=O)=O)cc1C(=O)NCC(C)(C(=O)O)c1ccccc1. The predicted octanol–water partition coefficient (Wildman–Crippen LogP) is 1.87. The minimum Gasteiger partial charge on any atom is -0.496 e. The molecule has 1 unspecified atom stereocenters. The van der Waals surface area contributed by atoms with Crippen LogP contribution < -0.4 is 10.1 Å². The lowest BCUT2D eigenvalue weighted by Crippen LogP contribution is -2.44. The zero-order chi connectivity index (χ0) is 20.2. The number of benzene rings is 2. The molecule has 144 valence electrons. The smallest absolute Gasteiger partial charge is 0.315 e. The predicted molar refractivity (Wildman–Crippen MR) is 99.9 cm³/mol. The number of amides is 1. The highest BCUT2D eigenvalue weighted by molar-refractivity contribution is 7.90. The molecule has 1 atom stereocenters. The zero-order valence-corrected chi connectivity index (χ0v) is 16.0. The topological polar surface area (TPSA) is 110 Å². The normalized spacial score (nSPS) is 13.4. The van der Waals surface area contributed by atoms with E-state index in [0.29, 0.717) is 5.56 Å². The summed E-state index contributed by atoms with van der Waals surface area (Å²) in [5, 5.41) is 12.2. The second-order valence-corrected chi connectivity index (χ2v) is 8.34. The largest absolute Gasteiger partial charge is 0.496 e. The molecule has 2 aromatic carbocycles. The van der Waals surface area contributed by atoms with Crippen LogP contribution in [0.2, 0.25) is 0 Å². The van der Waals surface area contributed by atoms with E-state index in [9.17, 15) is 23.1 Å². The molecule has 0 saturated heterocycles. The van der Waals surface area contributed by atoms with Gasteiger partial charge in [-0.05, 0) is 30.7 Å². The number of carbonyl (C=O) groups excluding carboxylic acids is 1. The van der Waals surface area contributed by atoms with E-state index >= 15 is 0 Å². The number of carboxylic acid groups (broad SMARTS) is 1. The van der Waals surface area contributed by atoms with E-state index in [4.69, 9.17) is 4.74 Å². The van der Waals surface area contributed by atoms with Crippen molar-refractivity contribution in [3.05, 3.63) is 59.7 Å². The number of aliphatic carboxylic acids is 1. The van der Waals surface area contributed by atoms with Crippen molar-refractivity contribution >= 4 is 21.7 Å². The lowest BCUT2D eigenvalue weighted by atomic mass is 9.82. The third-order valence-electron chi connectivity index (χ3n) is 4.33. The van der Waals surface area contributed by atoms with Gasteiger partial charge in [0.1, 0.15) is 11.2 Å². The fraction of sp³-hybridized carbons (Fsp3) is 0.263. The summed E-state index contributed by atoms with van der Waals surface area (Å²) in [4.78, 5) is 24.4. The summed E-state index contributed by atoms with van der Waals surface area (Å²) >= 11 is 0. The van der Waals surface area contributed by atoms with E-state index in [0.717, 1.165) is 6.26 Å². The third-order valence-corrected chi connectivity index (χ3v) is 5.44. The average Bonchev–Trinajstić information content (AvgIpc) is 2.65. The van der Waals surface area contributed by atoms with Crippen LogP contribution in [0.15, 0.2) is 53.4 Å². The maximum absolute atomic E-state index is 12.6. The standard InChI is InChI=1S/C19H21NO6S/c1-19(18(22)23,13-7-5-4-6-8-13)12-20-17(21)15-11-14(27(3,24)25)9-10-16(15)26-2/h4-11H,12H2,1-3H3,(H,20,21)(H,22,23). The van der Waals surface area contributed by atoms with Gasteiger partial charge in [-0.2, -0.15) is 0 Å². The lowest BCUT2D eigenvalue weighted by molar-refractivity contribution is -0.142. The lowest BCUT2D eigenvalue weighted by Gasteiger charge is -2.26. The maximum atomic E-state index is 12.6. The van der Waals surface area contributed by atoms with Crippen molar-refractivity contribution < 1.29 is 27.9 Å². The van der Waals surface area contributed by atoms with Crippen molar-refractivity contribution in [2.45, 2.75) is 17.2 Å². The van der Waals surface area contributed by atoms with E-state index in [1.165, 1.54) is 32.2 Å². The number of carbonyl (C=O) groups is 2. The van der Waals surface area contributed by atoms with Crippen LogP contribution in [0.1, 0.15) is 22.8 Å². The molecule has 7 nitrogen and oxygen atoms in total. The summed E-state index contributed by atoms with van der Waals surface area (Å²) in [7, 11) is -2.15. The van der Waals surface area contributed by atoms with Gasteiger partial charge in [-0.1, -0.05) is 30.3 Å². The van der Waals surface area contributed by atoms with E-state index < -0.39 is 27.1 Å². The quantitative estimate of drug-likeness (QED) is 0.746. The van der Waals surface area contributed by atoms with Crippen LogP contribution in [-0.4, -0.2) is 45.3 Å². The first kappa shape index (κ1) is 20.4. The monoisotopic (exact) mass is 391 g/mol. The van der Waals surface area contributed by atoms with Gasteiger partial charge in [-0.3, -0.25) is 9.59 Å². The Balaban J connectivity index is 2.32. The Hall–Kier alpha value is -2.87. The molecule has 2 N–H and O–H groups in total. The second kappa shape index (κ2) is 7.79. The summed E-state index contributed by atoms with van der Waals surface area (Å²) in [6.45, 7) is 1.33. The number of methoxy groups -OCH3 is 1. The number of hydrogen-bond acceptors (Lipinski definition) is 5. The minimum atomic E-state index is -3.51. The molecular formula is C19H21NO6S. The highest BCUT2D eigenvalue weighted by Crippen LogP contribution is 2.25. The van der Waals surface area contributed by atoms with Crippen LogP contribution in [0.5, 0.6) is 5.75 Å². The first-order valence-corrected chi connectivity index (χ1v) is 9.94. The molecule has 2 aromatic rings. The Kier molecular flexibility index (Phi) is 5.90. The second-order valence-electron chi connectivity index (χ2n) is 6.32. The molecule has 0 bridgehead atoms. The minimum absolute atomic E-state index is 0.0150. The van der Waals surface area contributed by atoms with Crippen molar-refractivity contribution in [1.29, 1.82) is 0 Å². The van der Waals surface area contributed by atoms with Gasteiger partial charge in [0, 0.05) is 12.8 Å². The van der Waals surface area contributed by atoms with Gasteiger partial charge in [0.25, 0.3) is 5.91 Å². The molecule has 27 heavy (non-hydrogen) atoms. The molecule has 0 aliphatic rings. The number of nitrogens with one attached hydrogen (secondary N) is 1. The Morgan fingerprint density at radius 2 is 1.78 bits per heavy atom. The Labute approximate surface area is 157 Å². The van der Waals surface area contributed by atoms with Crippen LogP contribution in [-0.2, 0) is 20.0 Å². The Morgan fingerprint density at radius 3 is 2.30 bits per heavy atom. The molecule has 0 aliphatic carbocycles. The highest BCUT2D eigenvalue weighted by atomic mass is 32.2. The van der Waals surface area contributed by atoms with Gasteiger partial charge in [-0.15, -0.1) is 0 Å². The van der Waals surface area contributed by atoms with Gasteiger partial charge in [0.05, 0.1) is 17.6 Å². The van der Waals surface area contributed by atoms with Crippen LogP contribution in [0.3, 0.4) is 0 Å². The maximum Gasteiger partial charge on any atom is 0.315 e. The van der Waals surface area contributed by atoms with Crippen LogP contribution in [0.4, 0.5) is 0 Å². The molecule has 1 amide bonds. The Morgan fingerprint density at radius 1 is 1.15 bits per heavy atom. The van der Waals surface area contributed by atoms with Crippen LogP contribution in [0.25, 0.3) is 0 Å². The van der Waals surface area contributed by atoms with Gasteiger partial charge >= 0.3 is 5.97 Å². The summed E-state index contributed by atoms with van der Waals surface area (Å²) in [6.07, 6.45) is 1.04. The molecule has 0 radical (unpaired) electrons. The first-order chi connectivity index (χ1) is 12.6. The van der Waals surface area contributed by atoms with Crippen molar-refractivity contribution in [3.8, 4) is 5.75 Å². The van der Waals surface area contributed by atoms with Gasteiger partial charge < -0.3 is 15.2 Å². The molecule has 8 heteroatoms. The summed E-state index contributed by atoms with van der Waals surface area (Å²) < 4.78 is 28.6. The van der Waals surface area contributed by atoms with Crippen molar-refractivity contribution in [2.24, 2.45) is 0 Å². The number of sulfone groups is 1. The number of carboxylic acids is 1. The summed E-state index contributed by atoms with van der Waals surface area (Å²) in [5.41, 5.74) is -0.797. The molecular weight excluding hydrogens is 370 g/mol. The summed E-state index contributed by atoms with van der Waals surface area (Å²) in [6, 6.07) is 12.5. The number of rotatable bonds is 7. The molecule has 0 aliphatic heterocycles. The first-order valence-electron chi connectivity index (χ1n) is 8.05. The Bertz CT molecular complexity index is 955. The zero-order valence-electron chi connectivity index (χ0n) is 15.2. The van der Waals surface area contributed by atoms with E-state index in [-0.39, 0.29) is 22.8 Å². The van der Waals surface area contributed by atoms with Crippen molar-refractivity contribution in [2.75, 3.05) is 19.9 Å². The molecule has 2 rings (SSSR count). The van der Waals surface area contributed by atoms with E-state index in [1.807, 2.05) is 0 Å². The molecule has 0 aromatic heterocycles. The highest BCUT2D eigenvalue weighted by Gasteiger charge is 2.35. The van der Waals surface area contributed by atoms with E-state index in [1.54, 1.807) is 30.3 Å². The molecule has 0 fully saturated rings.